The Morgan fingerprint density at radius 1 is 1.29 bits per heavy atom. The van der Waals surface area contributed by atoms with Gasteiger partial charge in [-0.3, -0.25) is 0 Å². The molecule has 1 rings (SSSR count). The normalized spacial score (nSPS) is 15.1. The summed E-state index contributed by atoms with van der Waals surface area (Å²) in [5.41, 5.74) is 0.176. The van der Waals surface area contributed by atoms with Crippen molar-refractivity contribution >= 4 is 11.9 Å². The highest BCUT2D eigenvalue weighted by atomic mass is 16.5. The van der Waals surface area contributed by atoms with Gasteiger partial charge in [-0.05, 0) is 32.6 Å². The van der Waals surface area contributed by atoms with E-state index in [1.54, 1.807) is 0 Å². The number of hydrogen-bond donors (Lipinski definition) is 1. The zero-order valence-electron chi connectivity index (χ0n) is 10.3. The van der Waals surface area contributed by atoms with E-state index in [4.69, 9.17) is 9.84 Å². The van der Waals surface area contributed by atoms with Crippen molar-refractivity contribution in [2.45, 2.75) is 45.1 Å². The van der Waals surface area contributed by atoms with Crippen molar-refractivity contribution in [1.82, 2.24) is 0 Å². The second kappa shape index (κ2) is 8.56. The highest BCUT2D eigenvalue weighted by molar-refractivity contribution is 5.84. The van der Waals surface area contributed by atoms with E-state index in [2.05, 4.69) is 13.2 Å². The molecule has 0 spiro atoms. The lowest BCUT2D eigenvalue weighted by Gasteiger charge is -2.20. The number of carboxylic acid groups (broad SMARTS) is 1. The van der Waals surface area contributed by atoms with Crippen LogP contribution in [0.1, 0.15) is 39.0 Å². The van der Waals surface area contributed by atoms with Crippen molar-refractivity contribution in [3.05, 3.63) is 24.8 Å². The summed E-state index contributed by atoms with van der Waals surface area (Å²) in [5, 5.41) is 7.89. The van der Waals surface area contributed by atoms with E-state index in [1.807, 2.05) is 0 Å². The quantitative estimate of drug-likeness (QED) is 0.608. The van der Waals surface area contributed by atoms with Gasteiger partial charge in [-0.2, -0.15) is 0 Å². The zero-order chi connectivity index (χ0) is 13.3. The molecule has 0 aromatic rings. The summed E-state index contributed by atoms with van der Waals surface area (Å²) in [6.07, 6.45) is 7.11. The molecule has 0 aliphatic heterocycles. The lowest BCUT2D eigenvalue weighted by atomic mass is 9.98. The predicted octanol–water partition coefficient (Wildman–Crippen LogP) is 2.70. The van der Waals surface area contributed by atoms with Crippen molar-refractivity contribution in [2.24, 2.45) is 0 Å². The third-order valence-corrected chi connectivity index (χ3v) is 2.37. The fraction of sp³-hybridized carbons (Fsp3) is 0.538. The standard InChI is InChI=1S/C9H14O2.C4H6O2/c1-2-9(10)11-8-6-4-3-5-7-8;1-3(2)4(5)6/h2,8H,1,3-7H2;1H2,2H3,(H,5,6). The molecule has 96 valence electrons. The fourth-order valence-corrected chi connectivity index (χ4v) is 1.40. The van der Waals surface area contributed by atoms with Crippen LogP contribution in [0.2, 0.25) is 0 Å². The molecule has 1 aliphatic carbocycles. The minimum Gasteiger partial charge on any atom is -0.478 e. The minimum absolute atomic E-state index is 0.161. The third kappa shape index (κ3) is 8.25. The van der Waals surface area contributed by atoms with Gasteiger partial charge in [0.25, 0.3) is 0 Å². The van der Waals surface area contributed by atoms with Crippen LogP contribution in [0.4, 0.5) is 0 Å². The Labute approximate surface area is 102 Å². The van der Waals surface area contributed by atoms with Crippen LogP contribution in [-0.4, -0.2) is 23.1 Å². The lowest BCUT2D eigenvalue weighted by Crippen LogP contribution is -2.19. The first-order chi connectivity index (χ1) is 7.97. The number of carboxylic acids is 1. The first-order valence-electron chi connectivity index (χ1n) is 5.69. The summed E-state index contributed by atoms with van der Waals surface area (Å²) in [6, 6.07) is 0. The van der Waals surface area contributed by atoms with Crippen molar-refractivity contribution in [1.29, 1.82) is 0 Å². The summed E-state index contributed by atoms with van der Waals surface area (Å²) >= 11 is 0. The lowest BCUT2D eigenvalue weighted by molar-refractivity contribution is -0.144. The van der Waals surface area contributed by atoms with E-state index in [-0.39, 0.29) is 17.6 Å². The molecule has 1 fully saturated rings. The van der Waals surface area contributed by atoms with E-state index >= 15 is 0 Å². The topological polar surface area (TPSA) is 63.6 Å². The van der Waals surface area contributed by atoms with Gasteiger partial charge < -0.3 is 9.84 Å². The highest BCUT2D eigenvalue weighted by Gasteiger charge is 2.15. The molecule has 1 N–H and O–H groups in total. The molecule has 0 amide bonds. The van der Waals surface area contributed by atoms with E-state index in [0.717, 1.165) is 12.8 Å². The molecule has 1 aliphatic rings. The third-order valence-electron chi connectivity index (χ3n) is 2.37. The number of carbonyl (C=O) groups is 2. The fourth-order valence-electron chi connectivity index (χ4n) is 1.40. The number of esters is 1. The molecule has 0 radical (unpaired) electrons. The van der Waals surface area contributed by atoms with Crippen molar-refractivity contribution < 1.29 is 19.4 Å². The molecule has 0 unspecified atom stereocenters. The van der Waals surface area contributed by atoms with Crippen LogP contribution in [0.5, 0.6) is 0 Å². The summed E-state index contributed by atoms with van der Waals surface area (Å²) < 4.78 is 5.08. The highest BCUT2D eigenvalue weighted by Crippen LogP contribution is 2.20. The molecule has 0 bridgehead atoms. The van der Waals surface area contributed by atoms with Crippen molar-refractivity contribution in [3.8, 4) is 0 Å². The van der Waals surface area contributed by atoms with Crippen LogP contribution in [0, 0.1) is 0 Å². The Morgan fingerprint density at radius 2 is 1.76 bits per heavy atom. The molecule has 1 saturated carbocycles. The van der Waals surface area contributed by atoms with Crippen molar-refractivity contribution in [3.63, 3.8) is 0 Å². The van der Waals surface area contributed by atoms with Gasteiger partial charge in [0.1, 0.15) is 6.10 Å². The van der Waals surface area contributed by atoms with Gasteiger partial charge in [-0.25, -0.2) is 9.59 Å². The first-order valence-corrected chi connectivity index (χ1v) is 5.69. The number of hydrogen-bond acceptors (Lipinski definition) is 3. The maximum Gasteiger partial charge on any atom is 0.330 e. The molecule has 0 aromatic carbocycles. The zero-order valence-corrected chi connectivity index (χ0v) is 10.3. The van der Waals surface area contributed by atoms with E-state index in [9.17, 15) is 9.59 Å². The van der Waals surface area contributed by atoms with Gasteiger partial charge >= 0.3 is 11.9 Å². The Bertz CT molecular complexity index is 276. The maximum absolute atomic E-state index is 10.7. The number of rotatable bonds is 3. The van der Waals surface area contributed by atoms with Gasteiger partial charge in [-0.15, -0.1) is 0 Å². The Balaban J connectivity index is 0.000000366. The van der Waals surface area contributed by atoms with Gasteiger partial charge in [0.15, 0.2) is 0 Å². The summed E-state index contributed by atoms with van der Waals surface area (Å²) in [6.45, 7) is 7.95. The Hall–Kier alpha value is -1.58. The number of carbonyl (C=O) groups excluding carboxylic acids is 1. The molecule has 4 nitrogen and oxygen atoms in total. The van der Waals surface area contributed by atoms with Gasteiger partial charge in [0, 0.05) is 11.6 Å². The maximum atomic E-state index is 10.7. The van der Waals surface area contributed by atoms with E-state index in [0.29, 0.717) is 0 Å². The summed E-state index contributed by atoms with van der Waals surface area (Å²) in [7, 11) is 0. The molecule has 4 heteroatoms. The van der Waals surface area contributed by atoms with Crippen LogP contribution >= 0.6 is 0 Å². The van der Waals surface area contributed by atoms with Crippen LogP contribution < -0.4 is 0 Å². The molecular formula is C13H20O4. The Kier molecular flexibility index (Phi) is 7.76. The SMILES string of the molecule is C=C(C)C(=O)O.C=CC(=O)OC1CCCCC1. The van der Waals surface area contributed by atoms with Crippen molar-refractivity contribution in [2.75, 3.05) is 0 Å². The molecule has 0 saturated heterocycles. The second-order valence-corrected chi connectivity index (χ2v) is 3.99. The van der Waals surface area contributed by atoms with Gasteiger partial charge in [0.2, 0.25) is 0 Å². The first kappa shape index (κ1) is 15.4. The largest absolute Gasteiger partial charge is 0.478 e. The van der Waals surface area contributed by atoms with Crippen LogP contribution in [0.3, 0.4) is 0 Å². The smallest absolute Gasteiger partial charge is 0.330 e. The van der Waals surface area contributed by atoms with Gasteiger partial charge in [0.05, 0.1) is 0 Å². The Morgan fingerprint density at radius 3 is 2.12 bits per heavy atom. The predicted molar refractivity (Wildman–Crippen MR) is 65.6 cm³/mol. The second-order valence-electron chi connectivity index (χ2n) is 3.99. The van der Waals surface area contributed by atoms with Crippen LogP contribution in [-0.2, 0) is 14.3 Å². The number of aliphatic carboxylic acids is 1. The van der Waals surface area contributed by atoms with E-state index in [1.165, 1.54) is 32.3 Å². The molecule has 17 heavy (non-hydrogen) atoms. The average Bonchev–Trinajstić information content (AvgIpc) is 2.31. The minimum atomic E-state index is -0.935. The summed E-state index contributed by atoms with van der Waals surface area (Å²) in [5.74, 6) is -1.22. The van der Waals surface area contributed by atoms with Crippen LogP contribution in [0.25, 0.3) is 0 Å². The monoisotopic (exact) mass is 240 g/mol. The summed E-state index contributed by atoms with van der Waals surface area (Å²) in [4.78, 5) is 20.3. The molecular weight excluding hydrogens is 220 g/mol. The molecule has 0 heterocycles. The van der Waals surface area contributed by atoms with Gasteiger partial charge in [-0.1, -0.05) is 19.6 Å². The average molecular weight is 240 g/mol. The molecule has 0 atom stereocenters. The van der Waals surface area contributed by atoms with Crippen LogP contribution in [0.15, 0.2) is 24.8 Å². The van der Waals surface area contributed by atoms with E-state index < -0.39 is 5.97 Å². The molecule has 0 aromatic heterocycles. The number of ether oxygens (including phenoxy) is 1.